The van der Waals surface area contributed by atoms with Gasteiger partial charge in [-0.15, -0.1) is 0 Å². The van der Waals surface area contributed by atoms with E-state index in [-0.39, 0.29) is 22.5 Å². The van der Waals surface area contributed by atoms with E-state index in [0.717, 1.165) is 25.7 Å². The van der Waals surface area contributed by atoms with Crippen molar-refractivity contribution in [2.24, 2.45) is 5.84 Å². The van der Waals surface area contributed by atoms with Gasteiger partial charge in [0, 0.05) is 6.61 Å². The predicted molar refractivity (Wildman–Crippen MR) is 83.7 cm³/mol. The standard InChI is InChI=1S/C16H24ClFN2O/c1-2-21-16(9-4-3-5-10-16)14(20-19)11-12-7-6-8-13(17)15(12)18/h6-8,14,20H,2-5,9-11,19H2,1H3. The highest BCUT2D eigenvalue weighted by Gasteiger charge is 2.40. The lowest BCUT2D eigenvalue weighted by Crippen LogP contribution is -2.57. The van der Waals surface area contributed by atoms with Gasteiger partial charge in [0.15, 0.2) is 0 Å². The first-order chi connectivity index (χ1) is 10.1. The largest absolute Gasteiger partial charge is 0.374 e. The van der Waals surface area contributed by atoms with E-state index < -0.39 is 0 Å². The van der Waals surface area contributed by atoms with Crippen molar-refractivity contribution in [3.05, 3.63) is 34.6 Å². The SMILES string of the molecule is CCOC1(C(Cc2cccc(Cl)c2F)NN)CCCCC1. The fraction of sp³-hybridized carbons (Fsp3) is 0.625. The van der Waals surface area contributed by atoms with Gasteiger partial charge in [-0.05, 0) is 37.8 Å². The molecule has 1 aromatic rings. The van der Waals surface area contributed by atoms with Gasteiger partial charge in [0.1, 0.15) is 5.82 Å². The molecule has 0 saturated heterocycles. The van der Waals surface area contributed by atoms with E-state index >= 15 is 0 Å². The molecular weight excluding hydrogens is 291 g/mol. The van der Waals surface area contributed by atoms with Crippen LogP contribution in [0, 0.1) is 5.82 Å². The Kier molecular flexibility index (Phi) is 5.99. The van der Waals surface area contributed by atoms with Gasteiger partial charge >= 0.3 is 0 Å². The second kappa shape index (κ2) is 7.54. The monoisotopic (exact) mass is 314 g/mol. The smallest absolute Gasteiger partial charge is 0.145 e. The second-order valence-electron chi connectivity index (χ2n) is 5.69. The maximum absolute atomic E-state index is 14.1. The molecule has 2 rings (SSSR count). The average molecular weight is 315 g/mol. The van der Waals surface area contributed by atoms with Gasteiger partial charge in [0.25, 0.3) is 0 Å². The predicted octanol–water partition coefficient (Wildman–Crippen LogP) is 3.59. The molecule has 0 radical (unpaired) electrons. The summed E-state index contributed by atoms with van der Waals surface area (Å²) in [7, 11) is 0. The molecule has 1 aromatic carbocycles. The highest BCUT2D eigenvalue weighted by Crippen LogP contribution is 2.36. The van der Waals surface area contributed by atoms with E-state index in [1.807, 2.05) is 6.92 Å². The summed E-state index contributed by atoms with van der Waals surface area (Å²) in [5.74, 6) is 5.41. The molecule has 0 aliphatic heterocycles. The summed E-state index contributed by atoms with van der Waals surface area (Å²) in [6.45, 7) is 2.63. The number of ether oxygens (including phenoxy) is 1. The quantitative estimate of drug-likeness (QED) is 0.623. The van der Waals surface area contributed by atoms with Gasteiger partial charge in [-0.2, -0.15) is 0 Å². The van der Waals surface area contributed by atoms with Crippen molar-refractivity contribution in [3.63, 3.8) is 0 Å². The van der Waals surface area contributed by atoms with Crippen LogP contribution in [0.25, 0.3) is 0 Å². The van der Waals surface area contributed by atoms with E-state index in [2.05, 4.69) is 5.43 Å². The average Bonchev–Trinajstić information content (AvgIpc) is 2.50. The summed E-state index contributed by atoms with van der Waals surface area (Å²) in [5, 5.41) is 0.150. The Bertz CT molecular complexity index is 458. The molecule has 0 aromatic heterocycles. The van der Waals surface area contributed by atoms with Crippen molar-refractivity contribution in [1.82, 2.24) is 5.43 Å². The second-order valence-corrected chi connectivity index (χ2v) is 6.10. The minimum Gasteiger partial charge on any atom is -0.374 e. The lowest BCUT2D eigenvalue weighted by atomic mass is 9.77. The zero-order valence-electron chi connectivity index (χ0n) is 12.5. The molecule has 0 spiro atoms. The summed E-state index contributed by atoms with van der Waals surface area (Å²) in [6.07, 6.45) is 5.85. The lowest BCUT2D eigenvalue weighted by molar-refractivity contribution is -0.0899. The van der Waals surface area contributed by atoms with Crippen LogP contribution in [0.5, 0.6) is 0 Å². The topological polar surface area (TPSA) is 47.3 Å². The van der Waals surface area contributed by atoms with Crippen LogP contribution in [0.15, 0.2) is 18.2 Å². The molecule has 3 nitrogen and oxygen atoms in total. The van der Waals surface area contributed by atoms with E-state index in [1.54, 1.807) is 18.2 Å². The van der Waals surface area contributed by atoms with Gasteiger partial charge in [-0.25, -0.2) is 4.39 Å². The molecule has 1 unspecified atom stereocenters. The molecule has 21 heavy (non-hydrogen) atoms. The van der Waals surface area contributed by atoms with Crippen LogP contribution in [0.4, 0.5) is 4.39 Å². The lowest BCUT2D eigenvalue weighted by Gasteiger charge is -2.43. The van der Waals surface area contributed by atoms with Crippen LogP contribution >= 0.6 is 11.6 Å². The molecule has 1 atom stereocenters. The van der Waals surface area contributed by atoms with E-state index in [9.17, 15) is 4.39 Å². The van der Waals surface area contributed by atoms with Gasteiger partial charge in [-0.1, -0.05) is 43.0 Å². The van der Waals surface area contributed by atoms with Crippen LogP contribution in [0.3, 0.4) is 0 Å². The zero-order valence-corrected chi connectivity index (χ0v) is 13.3. The third-order valence-corrected chi connectivity index (χ3v) is 4.72. The molecule has 0 amide bonds. The number of hydrazine groups is 1. The van der Waals surface area contributed by atoms with Gasteiger partial charge in [0.05, 0.1) is 16.7 Å². The number of nitrogens with one attached hydrogen (secondary N) is 1. The maximum atomic E-state index is 14.1. The van der Waals surface area contributed by atoms with Crippen molar-refractivity contribution < 1.29 is 9.13 Å². The van der Waals surface area contributed by atoms with E-state index in [1.165, 1.54) is 6.42 Å². The van der Waals surface area contributed by atoms with Crippen LogP contribution < -0.4 is 11.3 Å². The highest BCUT2D eigenvalue weighted by atomic mass is 35.5. The molecule has 118 valence electrons. The summed E-state index contributed by atoms with van der Waals surface area (Å²) >= 11 is 5.86. The molecule has 1 fully saturated rings. The third-order valence-electron chi connectivity index (χ3n) is 4.42. The molecule has 0 heterocycles. The number of rotatable bonds is 6. The number of benzene rings is 1. The Morgan fingerprint density at radius 3 is 2.71 bits per heavy atom. The maximum Gasteiger partial charge on any atom is 0.145 e. The Morgan fingerprint density at radius 2 is 2.10 bits per heavy atom. The van der Waals surface area contributed by atoms with E-state index in [4.69, 9.17) is 22.2 Å². The van der Waals surface area contributed by atoms with Crippen LogP contribution in [-0.4, -0.2) is 18.2 Å². The summed E-state index contributed by atoms with van der Waals surface area (Å²) < 4.78 is 20.2. The first-order valence-electron chi connectivity index (χ1n) is 7.66. The summed E-state index contributed by atoms with van der Waals surface area (Å²) in [4.78, 5) is 0. The molecule has 3 N–H and O–H groups in total. The number of hydrogen-bond acceptors (Lipinski definition) is 3. The molecule has 1 aliphatic carbocycles. The zero-order chi connectivity index (χ0) is 15.3. The minimum atomic E-state index is -0.359. The van der Waals surface area contributed by atoms with Gasteiger partial charge in [0.2, 0.25) is 0 Å². The van der Waals surface area contributed by atoms with Crippen LogP contribution in [0.2, 0.25) is 5.02 Å². The molecule has 0 bridgehead atoms. The van der Waals surface area contributed by atoms with Crippen molar-refractivity contribution in [2.75, 3.05) is 6.61 Å². The fourth-order valence-electron chi connectivity index (χ4n) is 3.35. The normalized spacial score (nSPS) is 19.4. The van der Waals surface area contributed by atoms with Crippen molar-refractivity contribution in [3.8, 4) is 0 Å². The molecule has 5 heteroatoms. The van der Waals surface area contributed by atoms with Gasteiger partial charge in [-0.3, -0.25) is 11.3 Å². The number of halogens is 2. The van der Waals surface area contributed by atoms with Crippen molar-refractivity contribution in [2.45, 2.75) is 57.1 Å². The summed E-state index contributed by atoms with van der Waals surface area (Å²) in [5.41, 5.74) is 3.13. The Labute approximate surface area is 131 Å². The molecular formula is C16H24ClFN2O. The third kappa shape index (κ3) is 3.75. The summed E-state index contributed by atoms with van der Waals surface area (Å²) in [6, 6.07) is 4.96. The van der Waals surface area contributed by atoms with Crippen LogP contribution in [-0.2, 0) is 11.2 Å². The van der Waals surface area contributed by atoms with Crippen molar-refractivity contribution >= 4 is 11.6 Å². The molecule has 1 aliphatic rings. The van der Waals surface area contributed by atoms with Crippen molar-refractivity contribution in [1.29, 1.82) is 0 Å². The first-order valence-corrected chi connectivity index (χ1v) is 8.03. The molecule has 1 saturated carbocycles. The van der Waals surface area contributed by atoms with E-state index in [0.29, 0.717) is 18.6 Å². The van der Waals surface area contributed by atoms with Crippen LogP contribution in [0.1, 0.15) is 44.6 Å². The fourth-order valence-corrected chi connectivity index (χ4v) is 3.55. The Morgan fingerprint density at radius 1 is 1.38 bits per heavy atom. The highest BCUT2D eigenvalue weighted by molar-refractivity contribution is 6.30. The van der Waals surface area contributed by atoms with Gasteiger partial charge < -0.3 is 4.74 Å². The first kappa shape index (κ1) is 16.7. The number of nitrogens with two attached hydrogens (primary N) is 1. The Balaban J connectivity index is 2.22. The number of hydrogen-bond donors (Lipinski definition) is 2. The minimum absolute atomic E-state index is 0.120. The Hall–Kier alpha value is -0.680.